The van der Waals surface area contributed by atoms with Gasteiger partial charge in [-0.3, -0.25) is 9.59 Å². The molecule has 16 nitrogen and oxygen atoms in total. The monoisotopic (exact) mass is 890 g/mol. The predicted octanol–water partition coefficient (Wildman–Crippen LogP) is 1.40. The molecule has 2 aromatic heterocycles. The van der Waals surface area contributed by atoms with Crippen LogP contribution in [0.1, 0.15) is 22.5 Å². The molecule has 4 rings (SSSR count). The van der Waals surface area contributed by atoms with E-state index in [4.69, 9.17) is 0 Å². The smallest absolute Gasteiger partial charge is 0.327 e. The van der Waals surface area contributed by atoms with Gasteiger partial charge in [0.2, 0.25) is 24.5 Å². The molecule has 330 valence electrons. The van der Waals surface area contributed by atoms with E-state index in [0.717, 1.165) is 44.1 Å². The van der Waals surface area contributed by atoms with Crippen molar-refractivity contribution >= 4 is 81.0 Å². The van der Waals surface area contributed by atoms with Crippen LogP contribution in [-0.2, 0) is 32.3 Å². The number of nitrogens with one attached hydrogen (secondary N) is 2. The van der Waals surface area contributed by atoms with Crippen molar-refractivity contribution in [3.8, 4) is 0 Å². The summed E-state index contributed by atoms with van der Waals surface area (Å²) in [6, 6.07) is 23.4. The molecule has 2 aromatic carbocycles. The number of aliphatic hydroxyl groups is 4. The van der Waals surface area contributed by atoms with E-state index in [1.807, 2.05) is 107 Å². The summed E-state index contributed by atoms with van der Waals surface area (Å²) in [5.74, 6) is -3.71. The van der Waals surface area contributed by atoms with Crippen LogP contribution in [0.4, 0.5) is 11.4 Å². The molecule has 8 N–H and O–H groups in total. The van der Waals surface area contributed by atoms with E-state index in [-0.39, 0.29) is 51.0 Å². The van der Waals surface area contributed by atoms with Crippen LogP contribution in [0.25, 0.3) is 24.3 Å². The molecule has 0 fully saturated rings. The number of pyridine rings is 2. The highest BCUT2D eigenvalue weighted by Crippen LogP contribution is 2.23. The lowest BCUT2D eigenvalue weighted by atomic mass is 10.1. The van der Waals surface area contributed by atoms with Crippen molar-refractivity contribution in [2.45, 2.75) is 25.2 Å². The number of amides is 2. The Morgan fingerprint density at radius 2 is 0.887 bits per heavy atom. The second kappa shape index (κ2) is 26.5. The summed E-state index contributed by atoms with van der Waals surface area (Å²) < 4.78 is 3.35. The largest absolute Gasteiger partial charge is 0.480 e. The van der Waals surface area contributed by atoms with Crippen molar-refractivity contribution in [2.75, 3.05) is 73.9 Å². The molecule has 2 unspecified atom stereocenters. The molecular formula is C44H54N6O10S2+2. The summed E-state index contributed by atoms with van der Waals surface area (Å²) in [6.07, 6.45) is 10.8. The van der Waals surface area contributed by atoms with Crippen molar-refractivity contribution in [3.05, 3.63) is 120 Å². The lowest BCUT2D eigenvalue weighted by Gasteiger charge is -2.22. The van der Waals surface area contributed by atoms with Crippen LogP contribution < -0.4 is 29.6 Å². The number of hydrogen-bond donors (Lipinski definition) is 8. The van der Waals surface area contributed by atoms with Gasteiger partial charge < -0.3 is 51.1 Å². The Kier molecular flexibility index (Phi) is 20.9. The van der Waals surface area contributed by atoms with Crippen LogP contribution in [0.3, 0.4) is 0 Å². The van der Waals surface area contributed by atoms with Crippen molar-refractivity contribution in [2.24, 2.45) is 0 Å². The molecular weight excluding hydrogens is 837 g/mol. The molecule has 2 amide bonds. The number of carboxylic acid groups (broad SMARTS) is 2. The molecule has 0 saturated heterocycles. The van der Waals surface area contributed by atoms with Crippen LogP contribution in [0.5, 0.6) is 0 Å². The maximum Gasteiger partial charge on any atom is 0.327 e. The zero-order valence-electron chi connectivity index (χ0n) is 34.1. The Balaban J connectivity index is 1.27. The Morgan fingerprint density at radius 3 is 1.21 bits per heavy atom. The summed E-state index contributed by atoms with van der Waals surface area (Å²) in [7, 11) is 2.13. The number of rotatable bonds is 27. The summed E-state index contributed by atoms with van der Waals surface area (Å²) in [4.78, 5) is 54.0. The zero-order valence-corrected chi connectivity index (χ0v) is 35.7. The molecule has 0 radical (unpaired) electrons. The van der Waals surface area contributed by atoms with Crippen molar-refractivity contribution in [3.63, 3.8) is 0 Å². The zero-order chi connectivity index (χ0) is 44.7. The third kappa shape index (κ3) is 16.3. The topological polar surface area (TPSA) is 228 Å². The minimum atomic E-state index is -1.26. The van der Waals surface area contributed by atoms with Gasteiger partial charge >= 0.3 is 11.9 Å². The first-order valence-corrected chi connectivity index (χ1v) is 22.3. The van der Waals surface area contributed by atoms with Crippen LogP contribution in [-0.4, -0.2) is 131 Å². The molecule has 0 aliphatic rings. The average Bonchev–Trinajstić information content (AvgIpc) is 3.26. The third-order valence-corrected chi connectivity index (χ3v) is 11.7. The molecule has 4 aromatic rings. The molecule has 0 bridgehead atoms. The number of aliphatic hydroxyl groups excluding tert-OH is 4. The van der Waals surface area contributed by atoms with E-state index in [1.54, 1.807) is 33.7 Å². The summed E-state index contributed by atoms with van der Waals surface area (Å²) in [5.41, 5.74) is 4.85. The van der Waals surface area contributed by atoms with Crippen molar-refractivity contribution in [1.29, 1.82) is 0 Å². The fraction of sp³-hybridized carbons (Fsp3) is 0.318. The van der Waals surface area contributed by atoms with E-state index in [0.29, 0.717) is 37.6 Å². The van der Waals surface area contributed by atoms with Gasteiger partial charge in [0, 0.05) is 85.5 Å². The lowest BCUT2D eigenvalue weighted by molar-refractivity contribution is -0.686. The highest BCUT2D eigenvalue weighted by Gasteiger charge is 2.26. The maximum absolute atomic E-state index is 13.1. The van der Waals surface area contributed by atoms with Gasteiger partial charge in [0.15, 0.2) is 12.4 Å². The van der Waals surface area contributed by atoms with E-state index >= 15 is 0 Å². The number of nitrogens with zero attached hydrogens (tertiary/aromatic N) is 4. The first-order valence-electron chi connectivity index (χ1n) is 19.8. The van der Waals surface area contributed by atoms with E-state index in [1.165, 1.54) is 0 Å². The van der Waals surface area contributed by atoms with E-state index in [2.05, 4.69) is 10.6 Å². The number of benzene rings is 2. The number of anilines is 2. The van der Waals surface area contributed by atoms with Gasteiger partial charge in [-0.05, 0) is 59.7 Å². The fourth-order valence-corrected chi connectivity index (χ4v) is 8.43. The van der Waals surface area contributed by atoms with Crippen LogP contribution in [0, 0.1) is 0 Å². The Morgan fingerprint density at radius 1 is 0.532 bits per heavy atom. The fourth-order valence-electron chi connectivity index (χ4n) is 6.12. The molecule has 0 aliphatic heterocycles. The highest BCUT2D eigenvalue weighted by molar-refractivity contribution is 8.76. The Hall–Kier alpha value is -5.76. The molecule has 2 heterocycles. The Labute approximate surface area is 368 Å². The summed E-state index contributed by atoms with van der Waals surface area (Å²) in [5, 5.41) is 62.1. The first-order chi connectivity index (χ1) is 30.0. The minimum Gasteiger partial charge on any atom is -0.480 e. The minimum absolute atomic E-state index is 0.0415. The predicted molar refractivity (Wildman–Crippen MR) is 241 cm³/mol. The van der Waals surface area contributed by atoms with Gasteiger partial charge in [-0.25, -0.2) is 9.59 Å². The quantitative estimate of drug-likeness (QED) is 0.0241. The van der Waals surface area contributed by atoms with Gasteiger partial charge in [0.1, 0.15) is 12.1 Å². The van der Waals surface area contributed by atoms with Crippen LogP contribution in [0.2, 0.25) is 0 Å². The second-order valence-electron chi connectivity index (χ2n) is 13.7. The molecule has 2 atom stereocenters. The first kappa shape index (κ1) is 48.9. The van der Waals surface area contributed by atoms with E-state index < -0.39 is 35.8 Å². The molecule has 0 spiro atoms. The van der Waals surface area contributed by atoms with Gasteiger partial charge in [-0.2, -0.15) is 9.13 Å². The standard InChI is InChI=1S/C44H52N6O10S2/c51-25-21-47(22-26-52)37-15-9-33(10-16-37)7-13-35-5-1-3-19-49(35)29-41(55)45-39(43(57)58)31-61-62-32-40(44(59)60)46-42(56)30-50-20-4-2-6-36(50)14-8-34-11-17-38(18-12-34)48(23-27-53)24-28-54/h1-20,39-40,51-54H,21-32H2,(H2-2,45,46,55,56,57,58,59,60)/p+2. The maximum atomic E-state index is 13.1. The molecule has 0 aliphatic carbocycles. The number of aromatic nitrogens is 2. The lowest BCUT2D eigenvalue weighted by Crippen LogP contribution is -2.50. The van der Waals surface area contributed by atoms with Crippen LogP contribution in [0.15, 0.2) is 97.3 Å². The van der Waals surface area contributed by atoms with Gasteiger partial charge in [-0.15, -0.1) is 0 Å². The average molecular weight is 891 g/mol. The highest BCUT2D eigenvalue weighted by atomic mass is 33.1. The normalized spacial score (nSPS) is 12.3. The molecule has 18 heteroatoms. The second-order valence-corrected chi connectivity index (χ2v) is 16.3. The Bertz CT molecular complexity index is 1950. The van der Waals surface area contributed by atoms with Gasteiger partial charge in [-0.1, -0.05) is 45.9 Å². The van der Waals surface area contributed by atoms with Crippen LogP contribution >= 0.6 is 21.6 Å². The number of hydrogen-bond acceptors (Lipinski definition) is 12. The van der Waals surface area contributed by atoms with Crippen molar-refractivity contribution in [1.82, 2.24) is 10.6 Å². The van der Waals surface area contributed by atoms with Gasteiger partial charge in [0.25, 0.3) is 11.8 Å². The number of aliphatic carboxylic acids is 2. The van der Waals surface area contributed by atoms with Crippen molar-refractivity contribution < 1.29 is 59.0 Å². The van der Waals surface area contributed by atoms with E-state index in [9.17, 15) is 49.8 Å². The molecule has 62 heavy (non-hydrogen) atoms. The van der Waals surface area contributed by atoms with Gasteiger partial charge in [0.05, 0.1) is 26.4 Å². The number of carbonyl (C=O) groups is 4. The summed E-state index contributed by atoms with van der Waals surface area (Å²) >= 11 is 0. The molecule has 0 saturated carbocycles. The summed E-state index contributed by atoms with van der Waals surface area (Å²) in [6.45, 7) is 1.08. The number of carbonyl (C=O) groups excluding carboxylic acids is 2. The third-order valence-electron chi connectivity index (χ3n) is 9.29. The SMILES string of the molecule is O=C(C[n+]1ccccc1/C=C/c1ccc(N(CCO)CCO)cc1)NC(CSSCC(NC(=O)C[n+]1ccccc1/C=C/c1ccc(N(CCO)CCO)cc1)C(=O)O)C(=O)O. The number of carboxylic acids is 2.